The highest BCUT2D eigenvalue weighted by atomic mass is 16.2. The molecule has 7 nitrogen and oxygen atoms in total. The molecule has 0 spiro atoms. The van der Waals surface area contributed by atoms with E-state index in [1.807, 2.05) is 6.92 Å². The fourth-order valence-corrected chi connectivity index (χ4v) is 2.94. The Morgan fingerprint density at radius 2 is 1.93 bits per heavy atom. The summed E-state index contributed by atoms with van der Waals surface area (Å²) >= 11 is 0. The first kappa shape index (κ1) is 18.1. The number of hydrogen-bond acceptors (Lipinski definition) is 4. The van der Waals surface area contributed by atoms with Crippen LogP contribution in [0.1, 0.15) is 41.4 Å². The van der Waals surface area contributed by atoms with Crippen molar-refractivity contribution in [2.24, 2.45) is 0 Å². The number of nitrogens with one attached hydrogen (secondary N) is 2. The van der Waals surface area contributed by atoms with Crippen molar-refractivity contribution in [2.45, 2.75) is 26.4 Å². The summed E-state index contributed by atoms with van der Waals surface area (Å²) in [5, 5.41) is 11.7. The molecule has 1 aromatic heterocycles. The Bertz CT molecular complexity index is 1170. The molecule has 7 heteroatoms. The van der Waals surface area contributed by atoms with E-state index in [9.17, 15) is 14.4 Å². The number of benzene rings is 2. The smallest absolute Gasteiger partial charge is 0.316 e. The van der Waals surface area contributed by atoms with E-state index in [-0.39, 0.29) is 11.9 Å². The van der Waals surface area contributed by atoms with E-state index < -0.39 is 11.1 Å². The first-order chi connectivity index (χ1) is 12.9. The van der Waals surface area contributed by atoms with Crippen molar-refractivity contribution in [3.63, 3.8) is 0 Å². The lowest BCUT2D eigenvalue weighted by molar-refractivity contribution is 0.0940. The summed E-state index contributed by atoms with van der Waals surface area (Å²) in [4.78, 5) is 38.8. The number of amides is 1. The van der Waals surface area contributed by atoms with Crippen molar-refractivity contribution < 1.29 is 4.79 Å². The van der Waals surface area contributed by atoms with E-state index in [1.165, 1.54) is 4.57 Å². The summed E-state index contributed by atoms with van der Waals surface area (Å²) in [6.07, 6.45) is 0. The molecular weight excluding hydrogens is 344 g/mol. The molecule has 27 heavy (non-hydrogen) atoms. The molecule has 0 aliphatic carbocycles. The zero-order valence-electron chi connectivity index (χ0n) is 14.9. The number of hydrogen-bond donors (Lipinski definition) is 2. The fourth-order valence-electron chi connectivity index (χ4n) is 2.94. The first-order valence-electron chi connectivity index (χ1n) is 8.52. The number of H-pyrrole nitrogens is 1. The van der Waals surface area contributed by atoms with Gasteiger partial charge in [-0.2, -0.15) is 5.26 Å². The van der Waals surface area contributed by atoms with Crippen LogP contribution in [0.25, 0.3) is 11.0 Å². The Hall–Kier alpha value is -3.66. The third-order valence-corrected chi connectivity index (χ3v) is 4.44. The van der Waals surface area contributed by atoms with Crippen LogP contribution in [0.5, 0.6) is 0 Å². The monoisotopic (exact) mass is 362 g/mol. The number of nitrogens with zero attached hydrogens (tertiary/aromatic N) is 2. The van der Waals surface area contributed by atoms with Gasteiger partial charge in [-0.25, -0.2) is 0 Å². The molecule has 0 saturated heterocycles. The zero-order chi connectivity index (χ0) is 19.6. The Kier molecular flexibility index (Phi) is 4.90. The van der Waals surface area contributed by atoms with E-state index >= 15 is 0 Å². The van der Waals surface area contributed by atoms with Gasteiger partial charge in [0.15, 0.2) is 0 Å². The molecule has 0 aliphatic heterocycles. The van der Waals surface area contributed by atoms with E-state index in [0.717, 1.165) is 5.56 Å². The number of aryl methyl sites for hydroxylation is 1. The Balaban J connectivity index is 1.89. The van der Waals surface area contributed by atoms with Crippen LogP contribution >= 0.6 is 0 Å². The molecule has 1 unspecified atom stereocenters. The number of rotatable bonds is 4. The van der Waals surface area contributed by atoms with Crippen LogP contribution in [0.2, 0.25) is 0 Å². The second-order valence-electron chi connectivity index (χ2n) is 6.16. The fraction of sp³-hybridized carbons (Fsp3) is 0.200. The van der Waals surface area contributed by atoms with Gasteiger partial charge in [0.1, 0.15) is 0 Å². The van der Waals surface area contributed by atoms with E-state index in [1.54, 1.807) is 49.4 Å². The Morgan fingerprint density at radius 1 is 1.22 bits per heavy atom. The van der Waals surface area contributed by atoms with E-state index in [2.05, 4.69) is 16.4 Å². The van der Waals surface area contributed by atoms with Gasteiger partial charge in [-0.05, 0) is 49.7 Å². The second-order valence-corrected chi connectivity index (χ2v) is 6.16. The third kappa shape index (κ3) is 3.51. The van der Waals surface area contributed by atoms with Crippen molar-refractivity contribution >= 4 is 16.9 Å². The maximum atomic E-state index is 12.6. The molecule has 136 valence electrons. The predicted octanol–water partition coefficient (Wildman–Crippen LogP) is 2.07. The molecule has 0 bridgehead atoms. The second kappa shape index (κ2) is 7.30. The van der Waals surface area contributed by atoms with E-state index in [0.29, 0.717) is 28.7 Å². The molecule has 1 amide bonds. The van der Waals surface area contributed by atoms with Gasteiger partial charge in [0.2, 0.25) is 0 Å². The Labute approximate surface area is 154 Å². The van der Waals surface area contributed by atoms with Crippen LogP contribution in [0, 0.1) is 11.3 Å². The first-order valence-corrected chi connectivity index (χ1v) is 8.52. The molecular formula is C20H18N4O3. The summed E-state index contributed by atoms with van der Waals surface area (Å²) < 4.78 is 1.37. The highest BCUT2D eigenvalue weighted by Gasteiger charge is 2.14. The van der Waals surface area contributed by atoms with Gasteiger partial charge in [-0.3, -0.25) is 14.4 Å². The molecule has 3 aromatic rings. The van der Waals surface area contributed by atoms with Crippen molar-refractivity contribution in [3.8, 4) is 6.07 Å². The lowest BCUT2D eigenvalue weighted by atomic mass is 10.1. The molecule has 1 heterocycles. The van der Waals surface area contributed by atoms with Crippen LogP contribution in [0.15, 0.2) is 52.1 Å². The van der Waals surface area contributed by atoms with Gasteiger partial charge in [-0.1, -0.05) is 12.1 Å². The normalized spacial score (nSPS) is 11.7. The van der Waals surface area contributed by atoms with Gasteiger partial charge in [0.25, 0.3) is 5.91 Å². The van der Waals surface area contributed by atoms with Gasteiger partial charge in [0, 0.05) is 12.1 Å². The lowest BCUT2D eigenvalue weighted by Gasteiger charge is -2.15. The molecule has 2 N–H and O–H groups in total. The largest absolute Gasteiger partial charge is 0.346 e. The van der Waals surface area contributed by atoms with E-state index in [4.69, 9.17) is 5.26 Å². The number of carbonyl (C=O) groups is 1. The zero-order valence-corrected chi connectivity index (χ0v) is 14.9. The van der Waals surface area contributed by atoms with Crippen LogP contribution in [0.3, 0.4) is 0 Å². The highest BCUT2D eigenvalue weighted by Crippen LogP contribution is 2.16. The number of aromatic amines is 1. The van der Waals surface area contributed by atoms with Gasteiger partial charge < -0.3 is 14.9 Å². The highest BCUT2D eigenvalue weighted by molar-refractivity contribution is 5.97. The summed E-state index contributed by atoms with van der Waals surface area (Å²) in [5.74, 6) is -0.302. The summed E-state index contributed by atoms with van der Waals surface area (Å²) in [7, 11) is 0. The van der Waals surface area contributed by atoms with Crippen molar-refractivity contribution in [2.75, 3.05) is 0 Å². The van der Waals surface area contributed by atoms with Gasteiger partial charge >= 0.3 is 11.1 Å². The minimum Gasteiger partial charge on any atom is -0.346 e. The Morgan fingerprint density at radius 3 is 2.56 bits per heavy atom. The SMILES string of the molecule is CCn1c(=O)c(=O)[nH]c2cc(C(=O)NC(C)c3ccc(C#N)cc3)ccc21. The molecule has 2 aromatic carbocycles. The third-order valence-electron chi connectivity index (χ3n) is 4.44. The van der Waals surface area contributed by atoms with Gasteiger partial charge in [0.05, 0.1) is 28.7 Å². The average molecular weight is 362 g/mol. The van der Waals surface area contributed by atoms with Crippen LogP contribution in [0.4, 0.5) is 0 Å². The van der Waals surface area contributed by atoms with Crippen molar-refractivity contribution in [3.05, 3.63) is 79.9 Å². The van der Waals surface area contributed by atoms with Crippen LogP contribution < -0.4 is 16.4 Å². The van der Waals surface area contributed by atoms with Crippen LogP contribution in [-0.4, -0.2) is 15.5 Å². The molecule has 0 fully saturated rings. The average Bonchev–Trinajstić information content (AvgIpc) is 2.68. The number of carbonyl (C=O) groups excluding carboxylic acids is 1. The standard InChI is InChI=1S/C20H18N4O3/c1-3-24-17-9-8-15(10-16(17)23-19(26)20(24)27)18(25)22-12(2)14-6-4-13(11-21)5-7-14/h4-10,12H,3H2,1-2H3,(H,22,25)(H,23,26). The summed E-state index contributed by atoms with van der Waals surface area (Å²) in [6, 6.07) is 13.6. The number of fused-ring (bicyclic) bond motifs is 1. The molecule has 0 aliphatic rings. The maximum absolute atomic E-state index is 12.6. The minimum atomic E-state index is -0.715. The predicted molar refractivity (Wildman–Crippen MR) is 102 cm³/mol. The molecule has 1 atom stereocenters. The molecule has 0 radical (unpaired) electrons. The minimum absolute atomic E-state index is 0.260. The maximum Gasteiger partial charge on any atom is 0.316 e. The lowest BCUT2D eigenvalue weighted by Crippen LogP contribution is -2.36. The molecule has 3 rings (SSSR count). The summed E-state index contributed by atoms with van der Waals surface area (Å²) in [6.45, 7) is 3.98. The number of aromatic nitrogens is 2. The van der Waals surface area contributed by atoms with Gasteiger partial charge in [-0.15, -0.1) is 0 Å². The van der Waals surface area contributed by atoms with Crippen LogP contribution in [-0.2, 0) is 6.54 Å². The topological polar surface area (TPSA) is 108 Å². The number of nitriles is 1. The quantitative estimate of drug-likeness (QED) is 0.693. The summed E-state index contributed by atoms with van der Waals surface area (Å²) in [5.41, 5.74) is 1.47. The molecule has 0 saturated carbocycles. The van der Waals surface area contributed by atoms with Crippen molar-refractivity contribution in [1.82, 2.24) is 14.9 Å². The van der Waals surface area contributed by atoms with Crippen molar-refractivity contribution in [1.29, 1.82) is 5.26 Å².